The Morgan fingerprint density at radius 3 is 1.22 bits per heavy atom. The van der Waals surface area contributed by atoms with Gasteiger partial charge in [-0.15, -0.1) is 0 Å². The molecule has 0 fully saturated rings. The van der Waals surface area contributed by atoms with Crippen LogP contribution in [0.15, 0.2) is 24.3 Å². The Kier molecular flexibility index (Phi) is 37.3. The average molecular weight is 691 g/mol. The molecule has 0 aliphatic carbocycles. The number of carbonyl (C=O) groups is 3. The smallest absolute Gasteiger partial charge is 0.305 e. The lowest BCUT2D eigenvalue weighted by atomic mass is 10.0. The normalized spacial score (nSPS) is 12.2. The van der Waals surface area contributed by atoms with Gasteiger partial charge in [-0.3, -0.25) is 14.4 Å². The van der Waals surface area contributed by atoms with E-state index in [0.717, 1.165) is 57.8 Å². The third kappa shape index (κ3) is 38.7. The maximum absolute atomic E-state index is 12.0. The molecule has 286 valence electrons. The lowest BCUT2D eigenvalue weighted by Gasteiger charge is -2.12. The average Bonchev–Trinajstić information content (AvgIpc) is 3.10. The van der Waals surface area contributed by atoms with Gasteiger partial charge in [-0.1, -0.05) is 180 Å². The summed E-state index contributed by atoms with van der Waals surface area (Å²) in [7, 11) is 0. The predicted molar refractivity (Wildman–Crippen MR) is 206 cm³/mol. The molecule has 0 aliphatic rings. The van der Waals surface area contributed by atoms with E-state index in [4.69, 9.17) is 9.47 Å². The van der Waals surface area contributed by atoms with E-state index in [0.29, 0.717) is 19.3 Å². The van der Waals surface area contributed by atoms with Gasteiger partial charge >= 0.3 is 11.9 Å². The van der Waals surface area contributed by atoms with Gasteiger partial charge < -0.3 is 14.6 Å². The summed E-state index contributed by atoms with van der Waals surface area (Å²) in [5.74, 6) is -0.487. The summed E-state index contributed by atoms with van der Waals surface area (Å²) >= 11 is 0. The largest absolute Gasteiger partial charge is 0.463 e. The number of carbonyl (C=O) groups excluding carboxylic acids is 3. The first-order valence-corrected chi connectivity index (χ1v) is 20.8. The van der Waals surface area contributed by atoms with Crippen LogP contribution in [0.25, 0.3) is 0 Å². The van der Waals surface area contributed by atoms with Crippen LogP contribution >= 0.6 is 0 Å². The van der Waals surface area contributed by atoms with Crippen molar-refractivity contribution in [3.63, 3.8) is 0 Å². The van der Waals surface area contributed by atoms with Gasteiger partial charge in [0.15, 0.2) is 5.78 Å². The summed E-state index contributed by atoms with van der Waals surface area (Å²) in [5.41, 5.74) is 0. The van der Waals surface area contributed by atoms with E-state index >= 15 is 0 Å². The molecule has 0 spiro atoms. The topological polar surface area (TPSA) is 89.9 Å². The zero-order chi connectivity index (χ0) is 35.9. The van der Waals surface area contributed by atoms with E-state index in [2.05, 4.69) is 19.9 Å². The first-order chi connectivity index (χ1) is 24.0. The van der Waals surface area contributed by atoms with Crippen LogP contribution in [0.1, 0.15) is 213 Å². The lowest BCUT2D eigenvalue weighted by molar-refractivity contribution is -0.152. The van der Waals surface area contributed by atoms with E-state index in [1.807, 2.05) is 12.2 Å². The van der Waals surface area contributed by atoms with Crippen LogP contribution in [-0.2, 0) is 23.9 Å². The molecular weight excluding hydrogens is 612 g/mol. The minimum Gasteiger partial charge on any atom is -0.463 e. The van der Waals surface area contributed by atoms with E-state index in [-0.39, 0.29) is 30.9 Å². The van der Waals surface area contributed by atoms with Crippen LogP contribution in [0.4, 0.5) is 0 Å². The molecule has 0 aromatic heterocycles. The number of unbranched alkanes of at least 4 members (excludes halogenated alkanes) is 25. The number of aliphatic hydroxyl groups is 1. The molecule has 49 heavy (non-hydrogen) atoms. The fraction of sp³-hybridized carbons (Fsp3) is 0.837. The van der Waals surface area contributed by atoms with Crippen molar-refractivity contribution in [2.75, 3.05) is 13.2 Å². The van der Waals surface area contributed by atoms with Crippen LogP contribution in [0.3, 0.4) is 0 Å². The molecule has 6 nitrogen and oxygen atoms in total. The number of hydrogen-bond donors (Lipinski definition) is 1. The van der Waals surface area contributed by atoms with Crippen molar-refractivity contribution >= 4 is 17.7 Å². The molecule has 0 unspecified atom stereocenters. The Hall–Kier alpha value is -1.95. The molecule has 0 bridgehead atoms. The standard InChI is InChI=1S/C43H78O6/c1-3-5-7-9-11-12-13-14-15-16-17-18-19-20-21-22-24-28-32-36-42(46)48-38-41(45)39-49-43(47)37-33-29-25-27-31-35-40(44)34-30-26-23-10-8-6-4-2/h23,26,30,34,41,45H,3-22,24-25,27-29,31-33,35-39H2,1-2H3/b26-23-,34-30+/t41-/m0/s1. The highest BCUT2D eigenvalue weighted by atomic mass is 16.6. The van der Waals surface area contributed by atoms with Crippen LogP contribution in [0.2, 0.25) is 0 Å². The highest BCUT2D eigenvalue weighted by Gasteiger charge is 2.12. The zero-order valence-electron chi connectivity index (χ0n) is 32.2. The van der Waals surface area contributed by atoms with Crippen LogP contribution in [-0.4, -0.2) is 42.1 Å². The van der Waals surface area contributed by atoms with Gasteiger partial charge in [0.1, 0.15) is 19.3 Å². The van der Waals surface area contributed by atoms with Crippen LogP contribution < -0.4 is 0 Å². The highest BCUT2D eigenvalue weighted by molar-refractivity contribution is 5.89. The highest BCUT2D eigenvalue weighted by Crippen LogP contribution is 2.15. The van der Waals surface area contributed by atoms with Gasteiger partial charge in [-0.25, -0.2) is 0 Å². The SMILES string of the molecule is CCCCC/C=C\C=C\C(=O)CCCCCCCC(=O)OC[C@@H](O)COC(=O)CCCCCCCCCCCCCCCCCCCCC. The fourth-order valence-corrected chi connectivity index (χ4v) is 5.95. The second-order valence-electron chi connectivity index (χ2n) is 14.2. The number of ether oxygens (including phenoxy) is 2. The molecule has 0 aromatic rings. The zero-order valence-corrected chi connectivity index (χ0v) is 32.2. The van der Waals surface area contributed by atoms with Gasteiger partial charge in [0.25, 0.3) is 0 Å². The third-order valence-electron chi connectivity index (χ3n) is 9.17. The molecule has 0 heterocycles. The van der Waals surface area contributed by atoms with Gasteiger partial charge in [-0.2, -0.15) is 0 Å². The number of esters is 2. The first kappa shape index (κ1) is 47.0. The summed E-state index contributed by atoms with van der Waals surface area (Å²) in [4.78, 5) is 35.9. The Morgan fingerprint density at radius 1 is 0.469 bits per heavy atom. The van der Waals surface area contributed by atoms with E-state index in [9.17, 15) is 19.5 Å². The molecule has 0 amide bonds. The molecule has 0 aromatic carbocycles. The van der Waals surface area contributed by atoms with Gasteiger partial charge in [0.2, 0.25) is 0 Å². The monoisotopic (exact) mass is 691 g/mol. The second kappa shape index (κ2) is 38.8. The van der Waals surface area contributed by atoms with Crippen molar-refractivity contribution in [1.29, 1.82) is 0 Å². The number of aliphatic hydroxyl groups excluding tert-OH is 1. The molecule has 1 N–H and O–H groups in total. The second-order valence-corrected chi connectivity index (χ2v) is 14.2. The van der Waals surface area contributed by atoms with Gasteiger partial charge in [-0.05, 0) is 38.2 Å². The van der Waals surface area contributed by atoms with E-state index in [1.165, 1.54) is 122 Å². The Bertz CT molecular complexity index is 804. The third-order valence-corrected chi connectivity index (χ3v) is 9.17. The predicted octanol–water partition coefficient (Wildman–Crippen LogP) is 12.2. The van der Waals surface area contributed by atoms with Crippen molar-refractivity contribution < 1.29 is 29.0 Å². The maximum atomic E-state index is 12.0. The van der Waals surface area contributed by atoms with Crippen molar-refractivity contribution in [3.05, 3.63) is 24.3 Å². The fourth-order valence-electron chi connectivity index (χ4n) is 5.95. The van der Waals surface area contributed by atoms with Crippen molar-refractivity contribution in [2.24, 2.45) is 0 Å². The number of rotatable bonds is 38. The molecule has 0 saturated heterocycles. The van der Waals surface area contributed by atoms with Gasteiger partial charge in [0.05, 0.1) is 0 Å². The minimum atomic E-state index is -0.999. The summed E-state index contributed by atoms with van der Waals surface area (Å²) in [6, 6.07) is 0. The van der Waals surface area contributed by atoms with E-state index in [1.54, 1.807) is 6.08 Å². The van der Waals surface area contributed by atoms with Crippen LogP contribution in [0.5, 0.6) is 0 Å². The number of allylic oxidation sites excluding steroid dienone is 4. The Balaban J connectivity index is 3.47. The number of ketones is 1. The minimum absolute atomic E-state index is 0.144. The molecule has 0 rings (SSSR count). The molecular formula is C43H78O6. The molecule has 1 atom stereocenters. The van der Waals surface area contributed by atoms with Crippen molar-refractivity contribution in [2.45, 2.75) is 219 Å². The van der Waals surface area contributed by atoms with Gasteiger partial charge in [0, 0.05) is 19.3 Å². The summed E-state index contributed by atoms with van der Waals surface area (Å²) in [6.45, 7) is 4.17. The lowest BCUT2D eigenvalue weighted by Crippen LogP contribution is -2.25. The van der Waals surface area contributed by atoms with Crippen molar-refractivity contribution in [1.82, 2.24) is 0 Å². The summed E-state index contributed by atoms with van der Waals surface area (Å²) < 4.78 is 10.3. The quantitative estimate of drug-likeness (QED) is 0.0300. The Labute approximate surface area is 302 Å². The first-order valence-electron chi connectivity index (χ1n) is 20.8. The summed E-state index contributed by atoms with van der Waals surface area (Å²) in [5, 5.41) is 10.0. The number of hydrogen-bond acceptors (Lipinski definition) is 6. The van der Waals surface area contributed by atoms with E-state index < -0.39 is 6.10 Å². The van der Waals surface area contributed by atoms with Crippen LogP contribution in [0, 0.1) is 0 Å². The van der Waals surface area contributed by atoms with Crippen molar-refractivity contribution in [3.8, 4) is 0 Å². The molecule has 0 aliphatic heterocycles. The molecule has 0 radical (unpaired) electrons. The maximum Gasteiger partial charge on any atom is 0.305 e. The Morgan fingerprint density at radius 2 is 0.816 bits per heavy atom. The molecule has 6 heteroatoms. The molecule has 0 saturated carbocycles. The summed E-state index contributed by atoms with van der Waals surface area (Å²) in [6.07, 6.45) is 42.0.